The smallest absolute Gasteiger partial charge is 0.335 e. The maximum absolute atomic E-state index is 11.7. The van der Waals surface area contributed by atoms with Gasteiger partial charge in [0, 0.05) is 6.61 Å². The molecule has 0 spiro atoms. The molecule has 1 saturated heterocycles. The van der Waals surface area contributed by atoms with Crippen LogP contribution in [0.1, 0.15) is 67.4 Å². The molecule has 1 heterocycles. The van der Waals surface area contributed by atoms with E-state index < -0.39 is 51.7 Å². The molecule has 0 aromatic heterocycles. The number of nitrogens with one attached hydrogen (secondary N) is 1. The SMILES string of the molecule is CC(C)[Si]1(C(C)C)OC2C(O)C(Br)C(C#N)C(CCO)(NOCc3ccccc3)C2O[Si](C(C)C)(C(C)C)O1. The Hall–Kier alpha value is -0.656. The monoisotopic (exact) mass is 642 g/mol. The minimum atomic E-state index is -3.05. The van der Waals surface area contributed by atoms with Crippen LogP contribution in [-0.2, 0) is 24.4 Å². The van der Waals surface area contributed by atoms with Crippen molar-refractivity contribution >= 4 is 33.1 Å². The molecule has 6 unspecified atom stereocenters. The van der Waals surface area contributed by atoms with Gasteiger partial charge in [0.2, 0.25) is 0 Å². The van der Waals surface area contributed by atoms with Crippen molar-refractivity contribution in [3.63, 3.8) is 0 Å². The van der Waals surface area contributed by atoms with Gasteiger partial charge in [-0.15, -0.1) is 0 Å². The molecule has 220 valence electrons. The Morgan fingerprint density at radius 1 is 1.00 bits per heavy atom. The predicted molar refractivity (Wildman–Crippen MR) is 159 cm³/mol. The summed E-state index contributed by atoms with van der Waals surface area (Å²) in [4.78, 5) is 5.44. The Labute approximate surface area is 245 Å². The van der Waals surface area contributed by atoms with Gasteiger partial charge in [-0.3, -0.25) is 4.84 Å². The molecule has 11 heteroatoms. The second kappa shape index (κ2) is 13.1. The number of hydroxylamine groups is 1. The minimum absolute atomic E-state index is 0.0701. The van der Waals surface area contributed by atoms with E-state index in [2.05, 4.69) is 82.9 Å². The number of hydrogen-bond acceptors (Lipinski definition) is 8. The van der Waals surface area contributed by atoms with Crippen LogP contribution in [0.2, 0.25) is 22.2 Å². The molecule has 2 aliphatic rings. The first-order chi connectivity index (χ1) is 18.3. The van der Waals surface area contributed by atoms with E-state index in [1.165, 1.54) is 0 Å². The molecule has 1 aliphatic carbocycles. The van der Waals surface area contributed by atoms with Crippen molar-refractivity contribution < 1.29 is 28.0 Å². The molecule has 1 aromatic rings. The lowest BCUT2D eigenvalue weighted by atomic mass is 9.67. The van der Waals surface area contributed by atoms with Gasteiger partial charge < -0.3 is 23.2 Å². The van der Waals surface area contributed by atoms with E-state index in [1.54, 1.807) is 0 Å². The van der Waals surface area contributed by atoms with E-state index >= 15 is 0 Å². The van der Waals surface area contributed by atoms with Crippen LogP contribution in [0.4, 0.5) is 0 Å². The summed E-state index contributed by atoms with van der Waals surface area (Å²) in [6.07, 6.45) is -2.45. The van der Waals surface area contributed by atoms with E-state index in [4.69, 9.17) is 17.8 Å². The van der Waals surface area contributed by atoms with Crippen LogP contribution >= 0.6 is 15.9 Å². The zero-order chi connectivity index (χ0) is 29.2. The van der Waals surface area contributed by atoms with Crippen molar-refractivity contribution in [3.8, 4) is 6.07 Å². The molecule has 1 saturated carbocycles. The topological polar surface area (TPSA) is 113 Å². The molecule has 1 aromatic carbocycles. The van der Waals surface area contributed by atoms with Gasteiger partial charge in [-0.2, -0.15) is 10.7 Å². The highest BCUT2D eigenvalue weighted by atomic mass is 79.9. The molecule has 39 heavy (non-hydrogen) atoms. The third-order valence-electron chi connectivity index (χ3n) is 8.52. The second-order valence-electron chi connectivity index (χ2n) is 12.2. The standard InChI is InChI=1S/C28H47BrN2O6Si2/c1-18(2)38(19(3)4)35-26-25(33)24(29)23(16-30)28(14-15-32,31-34-17-22-12-10-9-11-13-22)27(26)36-39(37-38,20(5)6)21(7)8/h9-13,18-21,23-27,31-33H,14-15,17H2,1-8H3. The van der Waals surface area contributed by atoms with E-state index in [-0.39, 0.29) is 41.8 Å². The number of nitrogens with zero attached hydrogens (tertiary/aromatic N) is 1. The number of nitriles is 1. The molecule has 1 aliphatic heterocycles. The van der Waals surface area contributed by atoms with Crippen molar-refractivity contribution in [1.82, 2.24) is 5.48 Å². The Morgan fingerprint density at radius 3 is 2.03 bits per heavy atom. The van der Waals surface area contributed by atoms with Gasteiger partial charge in [0.1, 0.15) is 6.10 Å². The van der Waals surface area contributed by atoms with E-state index in [9.17, 15) is 15.5 Å². The van der Waals surface area contributed by atoms with Crippen LogP contribution in [0, 0.1) is 17.2 Å². The molecule has 3 N–H and O–H groups in total. The third kappa shape index (κ3) is 5.98. The first kappa shape index (κ1) is 32.9. The van der Waals surface area contributed by atoms with Gasteiger partial charge in [-0.1, -0.05) is 102 Å². The summed E-state index contributed by atoms with van der Waals surface area (Å²) in [5.74, 6) is -0.793. The van der Waals surface area contributed by atoms with E-state index in [0.29, 0.717) is 0 Å². The number of aliphatic hydroxyl groups is 2. The summed E-state index contributed by atoms with van der Waals surface area (Å²) >= 11 is 3.65. The first-order valence-electron chi connectivity index (χ1n) is 14.1. The number of hydrogen-bond donors (Lipinski definition) is 3. The van der Waals surface area contributed by atoms with Crippen LogP contribution in [-0.4, -0.2) is 62.6 Å². The highest BCUT2D eigenvalue weighted by Crippen LogP contribution is 2.53. The van der Waals surface area contributed by atoms with Gasteiger partial charge >= 0.3 is 17.1 Å². The summed E-state index contributed by atoms with van der Waals surface area (Å²) < 4.78 is 21.6. The summed E-state index contributed by atoms with van der Waals surface area (Å²) in [5.41, 5.74) is 3.32. The molecular weight excluding hydrogens is 596 g/mol. The Morgan fingerprint density at radius 2 is 1.54 bits per heavy atom. The number of halogens is 1. The maximum Gasteiger partial charge on any atom is 0.335 e. The zero-order valence-electron chi connectivity index (χ0n) is 24.6. The van der Waals surface area contributed by atoms with Gasteiger partial charge in [-0.05, 0) is 34.1 Å². The van der Waals surface area contributed by atoms with Crippen LogP contribution in [0.25, 0.3) is 0 Å². The number of alkyl halides is 1. The third-order valence-corrected chi connectivity index (χ3v) is 19.8. The highest BCUT2D eigenvalue weighted by Gasteiger charge is 2.69. The van der Waals surface area contributed by atoms with Crippen molar-refractivity contribution in [3.05, 3.63) is 35.9 Å². The van der Waals surface area contributed by atoms with E-state index in [0.717, 1.165) is 5.56 Å². The average Bonchev–Trinajstić information content (AvgIpc) is 3.06. The lowest BCUT2D eigenvalue weighted by Gasteiger charge is -2.54. The lowest BCUT2D eigenvalue weighted by molar-refractivity contribution is -0.170. The molecule has 0 amide bonds. The summed E-state index contributed by atoms with van der Waals surface area (Å²) in [6.45, 7) is 17.1. The molecule has 2 fully saturated rings. The number of fused-ring (bicyclic) bond motifs is 1. The van der Waals surface area contributed by atoms with Crippen LogP contribution in [0.15, 0.2) is 30.3 Å². The summed E-state index contributed by atoms with van der Waals surface area (Å²) in [7, 11) is -6.04. The highest BCUT2D eigenvalue weighted by molar-refractivity contribution is 9.09. The fourth-order valence-corrected chi connectivity index (χ4v) is 18.6. The number of rotatable bonds is 10. The molecule has 3 rings (SSSR count). The van der Waals surface area contributed by atoms with E-state index in [1.807, 2.05) is 30.3 Å². The fourth-order valence-electron chi connectivity index (χ4n) is 6.34. The lowest BCUT2D eigenvalue weighted by Crippen LogP contribution is -2.74. The normalized spacial score (nSPS) is 32.3. The predicted octanol–water partition coefficient (Wildman–Crippen LogP) is 5.43. The average molecular weight is 644 g/mol. The van der Waals surface area contributed by atoms with Crippen LogP contribution in [0.3, 0.4) is 0 Å². The van der Waals surface area contributed by atoms with Crippen molar-refractivity contribution in [2.24, 2.45) is 5.92 Å². The summed E-state index contributed by atoms with van der Waals surface area (Å²) in [5, 5.41) is 32.5. The van der Waals surface area contributed by atoms with Crippen LogP contribution in [0.5, 0.6) is 0 Å². The van der Waals surface area contributed by atoms with Crippen LogP contribution < -0.4 is 5.48 Å². The first-order valence-corrected chi connectivity index (χ1v) is 19.0. The van der Waals surface area contributed by atoms with Gasteiger partial charge in [0.05, 0.1) is 41.2 Å². The Balaban J connectivity index is 2.22. The van der Waals surface area contributed by atoms with Crippen molar-refractivity contribution in [1.29, 1.82) is 5.26 Å². The van der Waals surface area contributed by atoms with Crippen molar-refractivity contribution in [2.75, 3.05) is 6.61 Å². The zero-order valence-corrected chi connectivity index (χ0v) is 28.1. The quantitative estimate of drug-likeness (QED) is 0.176. The number of benzene rings is 1. The molecule has 8 nitrogen and oxygen atoms in total. The minimum Gasteiger partial charge on any atom is -0.414 e. The molecule has 0 bridgehead atoms. The van der Waals surface area contributed by atoms with Gasteiger partial charge in [-0.25, -0.2) is 0 Å². The largest absolute Gasteiger partial charge is 0.414 e. The molecular formula is C28H47BrN2O6Si2. The van der Waals surface area contributed by atoms with Gasteiger partial charge in [0.15, 0.2) is 0 Å². The fraction of sp³-hybridized carbons (Fsp3) is 0.750. The molecule has 0 radical (unpaired) electrons. The second-order valence-corrected chi connectivity index (χ2v) is 22.1. The maximum atomic E-state index is 11.7. The Kier molecular flexibility index (Phi) is 11.0. The molecule has 6 atom stereocenters. The summed E-state index contributed by atoms with van der Waals surface area (Å²) in [6, 6.07) is 12.1. The van der Waals surface area contributed by atoms with Gasteiger partial charge in [0.25, 0.3) is 0 Å². The number of aliphatic hydroxyl groups excluding tert-OH is 2. The Bertz CT molecular complexity index is 963. The van der Waals surface area contributed by atoms with Crippen molar-refractivity contribution in [2.45, 2.75) is 119 Å².